The minimum absolute atomic E-state index is 0.389. The second-order valence-electron chi connectivity index (χ2n) is 4.60. The molecule has 0 aromatic rings. The van der Waals surface area contributed by atoms with Crippen LogP contribution in [0, 0.1) is 0 Å². The number of ether oxygens (including phenoxy) is 2. The Morgan fingerprint density at radius 1 is 1.20 bits per heavy atom. The first-order valence-corrected chi connectivity index (χ1v) is 5.79. The highest BCUT2D eigenvalue weighted by atomic mass is 16.7. The molecule has 1 spiro atoms. The molecule has 2 aliphatic rings. The molecule has 1 aliphatic heterocycles. The van der Waals surface area contributed by atoms with Gasteiger partial charge in [-0.1, -0.05) is 13.5 Å². The Labute approximate surface area is 91.1 Å². The minimum Gasteiger partial charge on any atom is -0.386 e. The van der Waals surface area contributed by atoms with E-state index in [0.29, 0.717) is 26.1 Å². The Kier molecular flexibility index (Phi) is 2.88. The molecular weight excluding hydrogens is 192 g/mol. The third-order valence-corrected chi connectivity index (χ3v) is 3.74. The summed E-state index contributed by atoms with van der Waals surface area (Å²) < 4.78 is 11.3. The quantitative estimate of drug-likeness (QED) is 0.711. The van der Waals surface area contributed by atoms with Gasteiger partial charge in [-0.05, 0) is 24.8 Å². The third-order valence-electron chi connectivity index (χ3n) is 3.74. The van der Waals surface area contributed by atoms with E-state index in [9.17, 15) is 5.11 Å². The Hall–Kier alpha value is -0.380. The Balaban J connectivity index is 1.99. The highest BCUT2D eigenvalue weighted by Crippen LogP contribution is 2.43. The Bertz CT molecular complexity index is 244. The van der Waals surface area contributed by atoms with Crippen molar-refractivity contribution < 1.29 is 14.6 Å². The van der Waals surface area contributed by atoms with Crippen LogP contribution in [0.15, 0.2) is 12.2 Å². The lowest BCUT2D eigenvalue weighted by Crippen LogP contribution is -2.44. The molecule has 86 valence electrons. The van der Waals surface area contributed by atoms with Crippen molar-refractivity contribution >= 4 is 0 Å². The van der Waals surface area contributed by atoms with Gasteiger partial charge in [0.25, 0.3) is 0 Å². The van der Waals surface area contributed by atoms with Crippen LogP contribution in [-0.4, -0.2) is 29.7 Å². The molecule has 3 nitrogen and oxygen atoms in total. The molecule has 0 aromatic heterocycles. The van der Waals surface area contributed by atoms with Gasteiger partial charge in [0.05, 0.1) is 18.8 Å². The zero-order valence-corrected chi connectivity index (χ0v) is 9.42. The molecule has 1 heterocycles. The molecule has 0 bridgehead atoms. The largest absolute Gasteiger partial charge is 0.386 e. The molecule has 15 heavy (non-hydrogen) atoms. The molecule has 1 saturated carbocycles. The van der Waals surface area contributed by atoms with Gasteiger partial charge in [-0.3, -0.25) is 0 Å². The lowest BCUT2D eigenvalue weighted by molar-refractivity contribution is -0.197. The molecule has 1 N–H and O–H groups in total. The van der Waals surface area contributed by atoms with E-state index >= 15 is 0 Å². The van der Waals surface area contributed by atoms with Gasteiger partial charge < -0.3 is 14.6 Å². The van der Waals surface area contributed by atoms with Crippen molar-refractivity contribution in [2.24, 2.45) is 0 Å². The summed E-state index contributed by atoms with van der Waals surface area (Å²) in [6.07, 6.45) is 3.82. The predicted molar refractivity (Wildman–Crippen MR) is 57.5 cm³/mol. The van der Waals surface area contributed by atoms with E-state index in [2.05, 4.69) is 6.58 Å². The molecule has 3 heteroatoms. The topological polar surface area (TPSA) is 38.7 Å². The molecule has 0 unspecified atom stereocenters. The van der Waals surface area contributed by atoms with Crippen molar-refractivity contribution in [2.45, 2.75) is 50.4 Å². The van der Waals surface area contributed by atoms with Crippen molar-refractivity contribution in [3.8, 4) is 0 Å². The first kappa shape index (κ1) is 11.1. The van der Waals surface area contributed by atoms with Crippen LogP contribution < -0.4 is 0 Å². The van der Waals surface area contributed by atoms with E-state index in [1.165, 1.54) is 0 Å². The number of hydrogen-bond donors (Lipinski definition) is 1. The van der Waals surface area contributed by atoms with E-state index in [-0.39, 0.29) is 5.79 Å². The zero-order chi connectivity index (χ0) is 10.9. The summed E-state index contributed by atoms with van der Waals surface area (Å²) in [5.74, 6) is -0.389. The molecule has 0 radical (unpaired) electrons. The van der Waals surface area contributed by atoms with Crippen molar-refractivity contribution in [3.05, 3.63) is 12.2 Å². The van der Waals surface area contributed by atoms with Crippen molar-refractivity contribution in [3.63, 3.8) is 0 Å². The molecular formula is C12H20O3. The number of rotatable bonds is 2. The van der Waals surface area contributed by atoms with Gasteiger partial charge in [-0.2, -0.15) is 0 Å². The fraction of sp³-hybridized carbons (Fsp3) is 0.833. The average molecular weight is 212 g/mol. The van der Waals surface area contributed by atoms with Crippen LogP contribution in [0.2, 0.25) is 0 Å². The smallest absolute Gasteiger partial charge is 0.168 e. The van der Waals surface area contributed by atoms with E-state index in [1.807, 2.05) is 6.92 Å². The van der Waals surface area contributed by atoms with E-state index in [4.69, 9.17) is 9.47 Å². The molecule has 2 fully saturated rings. The van der Waals surface area contributed by atoms with Crippen LogP contribution in [0.1, 0.15) is 39.0 Å². The van der Waals surface area contributed by atoms with Gasteiger partial charge in [0, 0.05) is 12.8 Å². The van der Waals surface area contributed by atoms with E-state index in [1.54, 1.807) is 0 Å². The van der Waals surface area contributed by atoms with Gasteiger partial charge >= 0.3 is 0 Å². The maximum atomic E-state index is 10.4. The van der Waals surface area contributed by atoms with E-state index < -0.39 is 5.60 Å². The maximum Gasteiger partial charge on any atom is 0.168 e. The summed E-state index contributed by atoms with van der Waals surface area (Å²) in [5, 5.41) is 10.4. The predicted octanol–water partition coefficient (Wildman–Crippen LogP) is 2.00. The van der Waals surface area contributed by atoms with Crippen LogP contribution in [-0.2, 0) is 9.47 Å². The lowest BCUT2D eigenvalue weighted by atomic mass is 9.76. The fourth-order valence-corrected chi connectivity index (χ4v) is 2.51. The number of aliphatic hydroxyl groups is 1. The second kappa shape index (κ2) is 3.89. The fourth-order valence-electron chi connectivity index (χ4n) is 2.51. The first-order chi connectivity index (χ1) is 7.10. The van der Waals surface area contributed by atoms with Crippen LogP contribution in [0.4, 0.5) is 0 Å². The molecule has 0 atom stereocenters. The summed E-state index contributed by atoms with van der Waals surface area (Å²) >= 11 is 0. The molecule has 1 aliphatic carbocycles. The standard InChI is InChI=1S/C12H20O3/c1-3-10(2)11(13)4-6-12(7-5-11)14-8-9-15-12/h13H,2-9H2,1H3. The zero-order valence-electron chi connectivity index (χ0n) is 9.42. The third kappa shape index (κ3) is 1.96. The lowest BCUT2D eigenvalue weighted by Gasteiger charge is -2.41. The highest BCUT2D eigenvalue weighted by Gasteiger charge is 2.46. The molecule has 0 amide bonds. The molecule has 1 saturated heterocycles. The van der Waals surface area contributed by atoms with Gasteiger partial charge in [-0.15, -0.1) is 0 Å². The van der Waals surface area contributed by atoms with Crippen molar-refractivity contribution in [1.29, 1.82) is 0 Å². The van der Waals surface area contributed by atoms with Gasteiger partial charge in [-0.25, -0.2) is 0 Å². The maximum absolute atomic E-state index is 10.4. The molecule has 2 rings (SSSR count). The summed E-state index contributed by atoms with van der Waals surface area (Å²) in [7, 11) is 0. The SMILES string of the molecule is C=C(CC)C1(O)CCC2(CC1)OCCO2. The van der Waals surface area contributed by atoms with Gasteiger partial charge in [0.2, 0.25) is 0 Å². The second-order valence-corrected chi connectivity index (χ2v) is 4.60. The van der Waals surface area contributed by atoms with Crippen LogP contribution >= 0.6 is 0 Å². The summed E-state index contributed by atoms with van der Waals surface area (Å²) in [4.78, 5) is 0. The Morgan fingerprint density at radius 2 is 1.73 bits per heavy atom. The highest BCUT2D eigenvalue weighted by molar-refractivity contribution is 5.14. The first-order valence-electron chi connectivity index (χ1n) is 5.79. The van der Waals surface area contributed by atoms with Crippen molar-refractivity contribution in [1.82, 2.24) is 0 Å². The minimum atomic E-state index is -0.685. The average Bonchev–Trinajstić information content (AvgIpc) is 2.71. The summed E-state index contributed by atoms with van der Waals surface area (Å²) in [6, 6.07) is 0. The summed E-state index contributed by atoms with van der Waals surface area (Å²) in [5.41, 5.74) is 0.255. The monoisotopic (exact) mass is 212 g/mol. The summed E-state index contributed by atoms with van der Waals surface area (Å²) in [6.45, 7) is 7.36. The Morgan fingerprint density at radius 3 is 2.20 bits per heavy atom. The van der Waals surface area contributed by atoms with Crippen LogP contribution in [0.25, 0.3) is 0 Å². The number of hydrogen-bond acceptors (Lipinski definition) is 3. The van der Waals surface area contributed by atoms with Crippen molar-refractivity contribution in [2.75, 3.05) is 13.2 Å². The van der Waals surface area contributed by atoms with Gasteiger partial charge in [0.15, 0.2) is 5.79 Å². The molecule has 0 aromatic carbocycles. The van der Waals surface area contributed by atoms with Crippen LogP contribution in [0.5, 0.6) is 0 Å². The van der Waals surface area contributed by atoms with Crippen LogP contribution in [0.3, 0.4) is 0 Å². The normalized spacial score (nSPS) is 28.1. The van der Waals surface area contributed by atoms with E-state index in [0.717, 1.165) is 24.8 Å². The van der Waals surface area contributed by atoms with Gasteiger partial charge in [0.1, 0.15) is 0 Å².